The van der Waals surface area contributed by atoms with Gasteiger partial charge in [0, 0.05) is 30.2 Å². The van der Waals surface area contributed by atoms with E-state index in [-0.39, 0.29) is 17.2 Å². The van der Waals surface area contributed by atoms with Gasteiger partial charge < -0.3 is 24.4 Å². The van der Waals surface area contributed by atoms with Crippen molar-refractivity contribution in [3.63, 3.8) is 0 Å². The molecule has 29 heavy (non-hydrogen) atoms. The third-order valence-electron chi connectivity index (χ3n) is 4.73. The maximum absolute atomic E-state index is 11.3. The Hall–Kier alpha value is -1.46. The highest BCUT2D eigenvalue weighted by Crippen LogP contribution is 2.38. The summed E-state index contributed by atoms with van der Waals surface area (Å²) in [6.07, 6.45) is 0. The van der Waals surface area contributed by atoms with E-state index in [1.807, 2.05) is 11.9 Å². The van der Waals surface area contributed by atoms with Gasteiger partial charge in [0.15, 0.2) is 0 Å². The molecule has 10 heteroatoms. The molecule has 3 rings (SSSR count). The van der Waals surface area contributed by atoms with Crippen LogP contribution in [-0.4, -0.2) is 95.7 Å². The smallest absolute Gasteiger partial charge is 0.321 e. The molecule has 2 heterocycles. The van der Waals surface area contributed by atoms with Crippen LogP contribution in [0.25, 0.3) is 0 Å². The second-order valence-electron chi connectivity index (χ2n) is 6.69. The summed E-state index contributed by atoms with van der Waals surface area (Å²) in [5, 5.41) is 20.5. The van der Waals surface area contributed by atoms with Crippen LogP contribution >= 0.6 is 23.5 Å². The minimum Gasteiger partial charge on any atom is -0.507 e. The number of hydrogen-bond acceptors (Lipinski definition) is 9. The van der Waals surface area contributed by atoms with Crippen molar-refractivity contribution in [1.29, 1.82) is 0 Å². The number of carboxylic acids is 1. The molecule has 0 aromatic heterocycles. The van der Waals surface area contributed by atoms with Crippen LogP contribution in [0.1, 0.15) is 5.56 Å². The Morgan fingerprint density at radius 1 is 1.28 bits per heavy atom. The molecule has 0 amide bonds. The maximum Gasteiger partial charge on any atom is 0.321 e. The van der Waals surface area contributed by atoms with Gasteiger partial charge in [-0.3, -0.25) is 14.7 Å². The Morgan fingerprint density at radius 2 is 2.07 bits per heavy atom. The van der Waals surface area contributed by atoms with Crippen molar-refractivity contribution in [2.45, 2.75) is 17.5 Å². The second-order valence-corrected chi connectivity index (χ2v) is 8.85. The zero-order valence-electron chi connectivity index (χ0n) is 16.4. The monoisotopic (exact) mass is 442 g/mol. The highest BCUT2D eigenvalue weighted by atomic mass is 32.2. The molecular formula is C19H26N2O6S2. The number of ether oxygens (including phenoxy) is 3. The van der Waals surface area contributed by atoms with E-state index in [9.17, 15) is 15.0 Å². The van der Waals surface area contributed by atoms with E-state index < -0.39 is 12.0 Å². The van der Waals surface area contributed by atoms with E-state index in [4.69, 9.17) is 19.2 Å². The summed E-state index contributed by atoms with van der Waals surface area (Å²) in [6, 6.07) is 4.71. The fraction of sp³-hybridized carbons (Fsp3) is 0.579. The fourth-order valence-electron chi connectivity index (χ4n) is 3.16. The molecule has 3 atom stereocenters. The minimum atomic E-state index is -0.797. The first kappa shape index (κ1) is 22.2. The first-order valence-electron chi connectivity index (χ1n) is 9.31. The molecule has 160 valence electrons. The number of phenols is 1. The molecule has 2 N–H and O–H groups in total. The zero-order chi connectivity index (χ0) is 20.8. The molecule has 0 saturated carbocycles. The zero-order valence-corrected chi connectivity index (χ0v) is 18.1. The Morgan fingerprint density at radius 3 is 2.76 bits per heavy atom. The molecule has 2 aliphatic heterocycles. The van der Waals surface area contributed by atoms with E-state index in [0.717, 1.165) is 10.8 Å². The third-order valence-corrected chi connectivity index (χ3v) is 7.34. The summed E-state index contributed by atoms with van der Waals surface area (Å²) in [6.45, 7) is 1.89. The lowest BCUT2D eigenvalue weighted by molar-refractivity contribution is -0.141. The first-order valence-corrected chi connectivity index (χ1v) is 11.3. The summed E-state index contributed by atoms with van der Waals surface area (Å²) < 4.78 is 15.8. The van der Waals surface area contributed by atoms with Crippen molar-refractivity contribution in [2.24, 2.45) is 4.99 Å². The molecular weight excluding hydrogens is 416 g/mol. The van der Waals surface area contributed by atoms with Crippen LogP contribution in [0, 0.1) is 0 Å². The summed E-state index contributed by atoms with van der Waals surface area (Å²) in [5.74, 6) is 1.21. The lowest BCUT2D eigenvalue weighted by atomic mass is 10.2. The van der Waals surface area contributed by atoms with Crippen LogP contribution in [-0.2, 0) is 14.3 Å². The number of benzene rings is 1. The number of likely N-dealkylation sites (N-methyl/N-ethyl adjacent to an activating group) is 1. The predicted molar refractivity (Wildman–Crippen MR) is 115 cm³/mol. The molecule has 0 aliphatic carbocycles. The van der Waals surface area contributed by atoms with Crippen molar-refractivity contribution in [3.05, 3.63) is 23.8 Å². The number of nitrogens with zero attached hydrogens (tertiary/aromatic N) is 2. The maximum atomic E-state index is 11.3. The number of carbonyl (C=O) groups is 1. The summed E-state index contributed by atoms with van der Waals surface area (Å²) in [4.78, 5) is 18.0. The summed E-state index contributed by atoms with van der Waals surface area (Å²) >= 11 is 3.21. The summed E-state index contributed by atoms with van der Waals surface area (Å²) in [5.41, 5.74) is 0.668. The molecule has 2 aliphatic rings. The number of aliphatic carboxylic acids is 1. The van der Waals surface area contributed by atoms with Gasteiger partial charge in [0.25, 0.3) is 0 Å². The standard InChI is InChI=1S/C19H26N2O6S2/c1-21-15(19(23)24)11-29-18(21)14-10-28-17(20-14)13-4-3-12(9-16(13)22)27-8-7-26-6-5-25-2/h3-4,9,14-15,18,22H,5-8,10-11H2,1-2H3,(H,23,24)/t14?,15-,18-/m1/s1. The van der Waals surface area contributed by atoms with E-state index in [1.165, 1.54) is 0 Å². The lowest BCUT2D eigenvalue weighted by Gasteiger charge is -2.24. The molecule has 1 fully saturated rings. The number of phenolic OH excluding ortho intramolecular Hbond substituents is 1. The number of thioether (sulfide) groups is 2. The van der Waals surface area contributed by atoms with Gasteiger partial charge in [0.05, 0.1) is 31.2 Å². The van der Waals surface area contributed by atoms with Crippen molar-refractivity contribution in [3.8, 4) is 11.5 Å². The Kier molecular flexibility index (Phi) is 8.07. The highest BCUT2D eigenvalue weighted by molar-refractivity contribution is 8.14. The highest BCUT2D eigenvalue weighted by Gasteiger charge is 2.41. The van der Waals surface area contributed by atoms with Gasteiger partial charge in [-0.15, -0.1) is 23.5 Å². The van der Waals surface area contributed by atoms with Crippen LogP contribution in [0.3, 0.4) is 0 Å². The Balaban J connectivity index is 1.57. The fourth-order valence-corrected chi connectivity index (χ4v) is 5.92. The van der Waals surface area contributed by atoms with Gasteiger partial charge in [-0.05, 0) is 19.2 Å². The van der Waals surface area contributed by atoms with Crippen LogP contribution < -0.4 is 4.74 Å². The van der Waals surface area contributed by atoms with Crippen molar-refractivity contribution in [1.82, 2.24) is 4.90 Å². The molecule has 0 spiro atoms. The molecule has 0 bridgehead atoms. The van der Waals surface area contributed by atoms with Crippen molar-refractivity contribution < 1.29 is 29.2 Å². The van der Waals surface area contributed by atoms with Gasteiger partial charge in [0.2, 0.25) is 0 Å². The van der Waals surface area contributed by atoms with Crippen LogP contribution in [0.4, 0.5) is 0 Å². The SMILES string of the molecule is COCCOCCOc1ccc(C2=NC([C@H]3SC[C@H](C(=O)O)N3C)CS2)c(O)c1. The normalized spacial score (nSPS) is 24.6. The predicted octanol–water partition coefficient (Wildman–Crippen LogP) is 1.75. The van der Waals surface area contributed by atoms with Gasteiger partial charge in [-0.1, -0.05) is 0 Å². The van der Waals surface area contributed by atoms with Crippen LogP contribution in [0.2, 0.25) is 0 Å². The average Bonchev–Trinajstić information content (AvgIpc) is 3.31. The molecule has 1 aromatic carbocycles. The van der Waals surface area contributed by atoms with E-state index in [2.05, 4.69) is 0 Å². The van der Waals surface area contributed by atoms with Gasteiger partial charge >= 0.3 is 5.97 Å². The van der Waals surface area contributed by atoms with Crippen LogP contribution in [0.5, 0.6) is 11.5 Å². The second kappa shape index (κ2) is 10.5. The van der Waals surface area contributed by atoms with Gasteiger partial charge in [-0.25, -0.2) is 0 Å². The first-order chi connectivity index (χ1) is 14.0. The van der Waals surface area contributed by atoms with E-state index in [0.29, 0.717) is 43.5 Å². The third kappa shape index (κ3) is 5.58. The molecule has 0 radical (unpaired) electrons. The van der Waals surface area contributed by atoms with E-state index in [1.54, 1.807) is 48.8 Å². The average molecular weight is 443 g/mol. The minimum absolute atomic E-state index is 0.00562. The Bertz CT molecular complexity index is 747. The molecule has 1 saturated heterocycles. The number of aromatic hydroxyl groups is 1. The molecule has 1 aromatic rings. The van der Waals surface area contributed by atoms with E-state index >= 15 is 0 Å². The number of rotatable bonds is 10. The lowest BCUT2D eigenvalue weighted by Crippen LogP contribution is -2.42. The van der Waals surface area contributed by atoms with Crippen molar-refractivity contribution >= 4 is 34.5 Å². The van der Waals surface area contributed by atoms with Crippen LogP contribution in [0.15, 0.2) is 23.2 Å². The largest absolute Gasteiger partial charge is 0.507 e. The van der Waals surface area contributed by atoms with Crippen molar-refractivity contribution in [2.75, 3.05) is 52.1 Å². The summed E-state index contributed by atoms with van der Waals surface area (Å²) in [7, 11) is 3.46. The van der Waals surface area contributed by atoms with Gasteiger partial charge in [0.1, 0.15) is 29.2 Å². The number of methoxy groups -OCH3 is 1. The quantitative estimate of drug-likeness (QED) is 0.525. The Labute approximate surface area is 178 Å². The number of carboxylic acid groups (broad SMARTS) is 1. The topological polar surface area (TPSA) is 101 Å². The molecule has 8 nitrogen and oxygen atoms in total. The number of aliphatic imine (C=N–C) groups is 1. The number of hydrogen-bond donors (Lipinski definition) is 2. The van der Waals surface area contributed by atoms with Gasteiger partial charge in [-0.2, -0.15) is 0 Å². The molecule has 1 unspecified atom stereocenters.